The standard InChI is InChI=1S/C18H20ClNO3S/c1-3-21-16-11-13(18(20)24)10-15(19)17(16)23-9-8-22-14-6-4-12(2)5-7-14/h4-7,10-11H,3,8-9H2,1-2H3,(H2,20,24). The molecule has 0 aliphatic carbocycles. The monoisotopic (exact) mass is 365 g/mol. The Morgan fingerprint density at radius 3 is 2.38 bits per heavy atom. The number of aryl methyl sites for hydroxylation is 1. The van der Waals surface area contributed by atoms with Gasteiger partial charge in [-0.05, 0) is 38.1 Å². The van der Waals surface area contributed by atoms with Gasteiger partial charge in [-0.3, -0.25) is 0 Å². The molecule has 2 aromatic rings. The van der Waals surface area contributed by atoms with E-state index < -0.39 is 0 Å². The van der Waals surface area contributed by atoms with Crippen molar-refractivity contribution < 1.29 is 14.2 Å². The zero-order valence-corrected chi connectivity index (χ0v) is 15.2. The lowest BCUT2D eigenvalue weighted by atomic mass is 10.2. The van der Waals surface area contributed by atoms with Gasteiger partial charge < -0.3 is 19.9 Å². The van der Waals surface area contributed by atoms with Crippen LogP contribution in [0.1, 0.15) is 18.1 Å². The van der Waals surface area contributed by atoms with Crippen LogP contribution < -0.4 is 19.9 Å². The second-order valence-corrected chi connectivity index (χ2v) is 5.94. The predicted octanol–water partition coefficient (Wildman–Crippen LogP) is 4.14. The fourth-order valence-electron chi connectivity index (χ4n) is 2.05. The Bertz CT molecular complexity index is 704. The summed E-state index contributed by atoms with van der Waals surface area (Å²) in [4.78, 5) is 0.257. The maximum absolute atomic E-state index is 6.27. The first-order valence-electron chi connectivity index (χ1n) is 7.59. The minimum absolute atomic E-state index is 0.257. The van der Waals surface area contributed by atoms with Gasteiger partial charge in [-0.1, -0.05) is 41.5 Å². The van der Waals surface area contributed by atoms with E-state index in [2.05, 4.69) is 0 Å². The van der Waals surface area contributed by atoms with E-state index in [1.807, 2.05) is 38.1 Å². The van der Waals surface area contributed by atoms with Crippen molar-refractivity contribution in [3.8, 4) is 17.2 Å². The van der Waals surface area contributed by atoms with E-state index in [-0.39, 0.29) is 4.99 Å². The fraction of sp³-hybridized carbons (Fsp3) is 0.278. The highest BCUT2D eigenvalue weighted by Gasteiger charge is 2.13. The Morgan fingerprint density at radius 1 is 1.08 bits per heavy atom. The first-order chi connectivity index (χ1) is 11.5. The smallest absolute Gasteiger partial charge is 0.179 e. The van der Waals surface area contributed by atoms with E-state index in [1.54, 1.807) is 12.1 Å². The van der Waals surface area contributed by atoms with Crippen molar-refractivity contribution in [1.29, 1.82) is 0 Å². The Hall–Kier alpha value is -1.98. The normalized spacial score (nSPS) is 10.3. The minimum Gasteiger partial charge on any atom is -0.490 e. The zero-order chi connectivity index (χ0) is 17.5. The quantitative estimate of drug-likeness (QED) is 0.562. The summed E-state index contributed by atoms with van der Waals surface area (Å²) in [6.45, 7) is 5.11. The van der Waals surface area contributed by atoms with Crippen LogP contribution in [0.15, 0.2) is 36.4 Å². The van der Waals surface area contributed by atoms with Gasteiger partial charge in [0.15, 0.2) is 11.5 Å². The number of nitrogens with two attached hydrogens (primary N) is 1. The molecule has 0 heterocycles. The highest BCUT2D eigenvalue weighted by atomic mass is 35.5. The molecule has 0 saturated carbocycles. The number of rotatable bonds is 8. The summed E-state index contributed by atoms with van der Waals surface area (Å²) in [5.41, 5.74) is 7.48. The molecule has 24 heavy (non-hydrogen) atoms. The van der Waals surface area contributed by atoms with Crippen LogP contribution >= 0.6 is 23.8 Å². The van der Waals surface area contributed by atoms with E-state index in [9.17, 15) is 0 Å². The average molecular weight is 366 g/mol. The van der Waals surface area contributed by atoms with Crippen molar-refractivity contribution in [3.05, 3.63) is 52.5 Å². The molecule has 0 unspecified atom stereocenters. The molecule has 0 fully saturated rings. The van der Waals surface area contributed by atoms with Crippen molar-refractivity contribution in [2.75, 3.05) is 19.8 Å². The number of halogens is 1. The molecule has 2 rings (SSSR count). The molecule has 0 aliphatic rings. The fourth-order valence-corrected chi connectivity index (χ4v) is 2.43. The van der Waals surface area contributed by atoms with Gasteiger partial charge in [0.2, 0.25) is 0 Å². The van der Waals surface area contributed by atoms with Gasteiger partial charge in [-0.25, -0.2) is 0 Å². The lowest BCUT2D eigenvalue weighted by molar-refractivity contribution is 0.208. The summed E-state index contributed by atoms with van der Waals surface area (Å²) in [7, 11) is 0. The van der Waals surface area contributed by atoms with Crippen LogP contribution in [0.5, 0.6) is 17.2 Å². The Morgan fingerprint density at radius 2 is 1.75 bits per heavy atom. The van der Waals surface area contributed by atoms with Crippen LogP contribution in [0.2, 0.25) is 5.02 Å². The van der Waals surface area contributed by atoms with E-state index in [0.717, 1.165) is 5.75 Å². The molecule has 0 saturated heterocycles. The second-order valence-electron chi connectivity index (χ2n) is 5.09. The summed E-state index contributed by atoms with van der Waals surface area (Å²) >= 11 is 11.2. The van der Waals surface area contributed by atoms with Gasteiger partial charge in [0, 0.05) is 5.56 Å². The second kappa shape index (κ2) is 8.76. The highest BCUT2D eigenvalue weighted by Crippen LogP contribution is 2.36. The van der Waals surface area contributed by atoms with Gasteiger partial charge in [0.25, 0.3) is 0 Å². The lowest BCUT2D eigenvalue weighted by Crippen LogP contribution is -2.12. The zero-order valence-electron chi connectivity index (χ0n) is 13.7. The van der Waals surface area contributed by atoms with Gasteiger partial charge in [0.1, 0.15) is 24.0 Å². The molecule has 0 aliphatic heterocycles. The summed E-state index contributed by atoms with van der Waals surface area (Å²) in [6, 6.07) is 11.2. The average Bonchev–Trinajstić information content (AvgIpc) is 2.55. The largest absolute Gasteiger partial charge is 0.490 e. The molecule has 6 heteroatoms. The number of benzene rings is 2. The molecular formula is C18H20ClNO3S. The third-order valence-electron chi connectivity index (χ3n) is 3.21. The summed E-state index contributed by atoms with van der Waals surface area (Å²) < 4.78 is 16.9. The van der Waals surface area contributed by atoms with Crippen molar-refractivity contribution >= 4 is 28.8 Å². The molecule has 0 spiro atoms. The van der Waals surface area contributed by atoms with E-state index in [0.29, 0.717) is 41.9 Å². The van der Waals surface area contributed by atoms with Gasteiger partial charge >= 0.3 is 0 Å². The van der Waals surface area contributed by atoms with Crippen LogP contribution in [0.3, 0.4) is 0 Å². The van der Waals surface area contributed by atoms with Crippen LogP contribution in [-0.2, 0) is 0 Å². The molecular weight excluding hydrogens is 346 g/mol. The Labute approximate surface area is 152 Å². The Kier molecular flexibility index (Phi) is 6.70. The number of hydrogen-bond donors (Lipinski definition) is 1. The summed E-state index contributed by atoms with van der Waals surface area (Å²) in [5.74, 6) is 1.78. The molecule has 4 nitrogen and oxygen atoms in total. The van der Waals surface area contributed by atoms with Crippen molar-refractivity contribution in [2.45, 2.75) is 13.8 Å². The summed E-state index contributed by atoms with van der Waals surface area (Å²) in [6.07, 6.45) is 0. The maximum atomic E-state index is 6.27. The molecule has 0 amide bonds. The predicted molar refractivity (Wildman–Crippen MR) is 101 cm³/mol. The van der Waals surface area contributed by atoms with Crippen LogP contribution in [0.4, 0.5) is 0 Å². The van der Waals surface area contributed by atoms with Crippen molar-refractivity contribution in [3.63, 3.8) is 0 Å². The van der Waals surface area contributed by atoms with Gasteiger partial charge in [-0.15, -0.1) is 0 Å². The molecule has 2 aromatic carbocycles. The SMILES string of the molecule is CCOc1cc(C(N)=S)cc(Cl)c1OCCOc1ccc(C)cc1. The van der Waals surface area contributed by atoms with Crippen molar-refractivity contribution in [2.24, 2.45) is 5.73 Å². The number of ether oxygens (including phenoxy) is 3. The molecule has 2 N–H and O–H groups in total. The van der Waals surface area contributed by atoms with Gasteiger partial charge in [-0.2, -0.15) is 0 Å². The topological polar surface area (TPSA) is 53.7 Å². The van der Waals surface area contributed by atoms with E-state index in [4.69, 9.17) is 43.8 Å². The third-order valence-corrected chi connectivity index (χ3v) is 3.73. The molecule has 0 aromatic heterocycles. The highest BCUT2D eigenvalue weighted by molar-refractivity contribution is 7.80. The van der Waals surface area contributed by atoms with Gasteiger partial charge in [0.05, 0.1) is 11.6 Å². The first-order valence-corrected chi connectivity index (χ1v) is 8.38. The first kappa shape index (κ1) is 18.4. The van der Waals surface area contributed by atoms with Crippen LogP contribution in [0, 0.1) is 6.92 Å². The number of thiocarbonyl (C=S) groups is 1. The molecule has 128 valence electrons. The van der Waals surface area contributed by atoms with E-state index >= 15 is 0 Å². The van der Waals surface area contributed by atoms with Crippen molar-refractivity contribution in [1.82, 2.24) is 0 Å². The summed E-state index contributed by atoms with van der Waals surface area (Å²) in [5, 5.41) is 0.402. The molecule has 0 atom stereocenters. The molecule has 0 bridgehead atoms. The third kappa shape index (κ3) is 5.01. The minimum atomic E-state index is 0.257. The number of hydrogen-bond acceptors (Lipinski definition) is 4. The van der Waals surface area contributed by atoms with E-state index in [1.165, 1.54) is 5.56 Å². The van der Waals surface area contributed by atoms with Crippen LogP contribution in [-0.4, -0.2) is 24.8 Å². The Balaban J connectivity index is 2.00. The van der Waals surface area contributed by atoms with Crippen LogP contribution in [0.25, 0.3) is 0 Å². The molecule has 0 radical (unpaired) electrons. The lowest BCUT2D eigenvalue weighted by Gasteiger charge is -2.15. The maximum Gasteiger partial charge on any atom is 0.179 e.